The van der Waals surface area contributed by atoms with Crippen LogP contribution in [0.25, 0.3) is 0 Å². The predicted molar refractivity (Wildman–Crippen MR) is 68.2 cm³/mol. The number of methoxy groups -OCH3 is 1. The normalized spacial score (nSPS) is 12.5. The van der Waals surface area contributed by atoms with Gasteiger partial charge in [-0.15, -0.1) is 0 Å². The van der Waals surface area contributed by atoms with E-state index in [2.05, 4.69) is 15.9 Å². The molecule has 3 nitrogen and oxygen atoms in total. The fourth-order valence-corrected chi connectivity index (χ4v) is 2.08. The number of aliphatic hydroxyl groups is 1. The number of halogens is 2. The van der Waals surface area contributed by atoms with E-state index < -0.39 is 11.9 Å². The summed E-state index contributed by atoms with van der Waals surface area (Å²) in [5.74, 6) is 0.553. The summed E-state index contributed by atoms with van der Waals surface area (Å²) < 4.78 is 23.9. The highest BCUT2D eigenvalue weighted by atomic mass is 79.9. The van der Waals surface area contributed by atoms with E-state index in [1.165, 1.54) is 25.5 Å². The fraction of sp³-hybridized carbons (Fsp3) is 0.231. The quantitative estimate of drug-likeness (QED) is 0.941. The van der Waals surface area contributed by atoms with Crippen LogP contribution < -0.4 is 4.74 Å². The van der Waals surface area contributed by atoms with Crippen LogP contribution in [-0.2, 0) is 0 Å². The second-order valence-electron chi connectivity index (χ2n) is 3.90. The van der Waals surface area contributed by atoms with Gasteiger partial charge in [0, 0.05) is 17.2 Å². The molecule has 0 saturated carbocycles. The summed E-state index contributed by atoms with van der Waals surface area (Å²) in [6.07, 6.45) is 0.547. The molecule has 0 spiro atoms. The predicted octanol–water partition coefficient (Wildman–Crippen LogP) is 3.58. The number of furan rings is 1. The Kier molecular flexibility index (Phi) is 3.73. The van der Waals surface area contributed by atoms with Crippen LogP contribution in [0.1, 0.15) is 23.0 Å². The van der Waals surface area contributed by atoms with Crippen molar-refractivity contribution in [3.8, 4) is 5.75 Å². The van der Waals surface area contributed by atoms with E-state index in [-0.39, 0.29) is 4.47 Å². The molecule has 2 rings (SSSR count). The lowest BCUT2D eigenvalue weighted by Crippen LogP contribution is -2.02. The SMILES string of the molecule is COc1cc(F)c(Br)cc1C(O)c1coc(C)c1. The summed E-state index contributed by atoms with van der Waals surface area (Å²) in [4.78, 5) is 0. The van der Waals surface area contributed by atoms with Crippen molar-refractivity contribution in [3.63, 3.8) is 0 Å². The third kappa shape index (κ3) is 2.42. The lowest BCUT2D eigenvalue weighted by atomic mass is 10.0. The van der Waals surface area contributed by atoms with Gasteiger partial charge in [-0.2, -0.15) is 0 Å². The minimum Gasteiger partial charge on any atom is -0.496 e. The molecule has 0 bridgehead atoms. The van der Waals surface area contributed by atoms with E-state index in [9.17, 15) is 9.50 Å². The first-order valence-electron chi connectivity index (χ1n) is 5.29. The molecule has 0 saturated heterocycles. The lowest BCUT2D eigenvalue weighted by molar-refractivity contribution is 0.213. The Morgan fingerprint density at radius 2 is 2.11 bits per heavy atom. The average molecular weight is 315 g/mol. The number of hydrogen-bond acceptors (Lipinski definition) is 3. The standard InChI is InChI=1S/C13H12BrFO3/c1-7-3-8(6-18-7)13(16)9-4-10(14)11(15)5-12(9)17-2/h3-6,13,16H,1-2H3. The number of rotatable bonds is 3. The Bertz CT molecular complexity index is 565. The number of ether oxygens (including phenoxy) is 1. The monoisotopic (exact) mass is 314 g/mol. The molecule has 18 heavy (non-hydrogen) atoms. The van der Waals surface area contributed by atoms with Gasteiger partial charge < -0.3 is 14.3 Å². The molecule has 1 aromatic heterocycles. The van der Waals surface area contributed by atoms with E-state index in [1.54, 1.807) is 13.0 Å². The molecular weight excluding hydrogens is 303 g/mol. The van der Waals surface area contributed by atoms with Gasteiger partial charge in [0.2, 0.25) is 0 Å². The van der Waals surface area contributed by atoms with Gasteiger partial charge in [0.15, 0.2) is 0 Å². The number of hydrogen-bond donors (Lipinski definition) is 1. The Balaban J connectivity index is 2.46. The first-order valence-corrected chi connectivity index (χ1v) is 6.08. The topological polar surface area (TPSA) is 42.6 Å². The van der Waals surface area contributed by atoms with Gasteiger partial charge in [0.25, 0.3) is 0 Å². The molecule has 1 N–H and O–H groups in total. The zero-order valence-electron chi connectivity index (χ0n) is 9.91. The van der Waals surface area contributed by atoms with E-state index >= 15 is 0 Å². The van der Waals surface area contributed by atoms with Crippen LogP contribution in [0.15, 0.2) is 33.4 Å². The van der Waals surface area contributed by atoms with Crippen LogP contribution in [0.5, 0.6) is 5.75 Å². The van der Waals surface area contributed by atoms with Crippen molar-refractivity contribution in [1.82, 2.24) is 0 Å². The highest BCUT2D eigenvalue weighted by Crippen LogP contribution is 2.34. The van der Waals surface area contributed by atoms with Crippen molar-refractivity contribution >= 4 is 15.9 Å². The molecule has 0 aliphatic heterocycles. The van der Waals surface area contributed by atoms with Crippen molar-refractivity contribution in [1.29, 1.82) is 0 Å². The Morgan fingerprint density at radius 3 is 2.67 bits per heavy atom. The zero-order valence-corrected chi connectivity index (χ0v) is 11.5. The molecule has 5 heteroatoms. The molecule has 0 radical (unpaired) electrons. The second kappa shape index (κ2) is 5.12. The Hall–Kier alpha value is -1.33. The second-order valence-corrected chi connectivity index (χ2v) is 4.76. The maximum absolute atomic E-state index is 13.4. The minimum atomic E-state index is -0.922. The van der Waals surface area contributed by atoms with Crippen molar-refractivity contribution in [2.24, 2.45) is 0 Å². The van der Waals surface area contributed by atoms with E-state index in [1.807, 2.05) is 0 Å². The van der Waals surface area contributed by atoms with Gasteiger partial charge in [-0.05, 0) is 35.0 Å². The van der Waals surface area contributed by atoms with E-state index in [0.717, 1.165) is 0 Å². The number of aliphatic hydroxyl groups excluding tert-OH is 1. The summed E-state index contributed by atoms with van der Waals surface area (Å²) >= 11 is 3.09. The van der Waals surface area contributed by atoms with Gasteiger partial charge in [0.1, 0.15) is 23.4 Å². The molecule has 2 aromatic rings. The van der Waals surface area contributed by atoms with Crippen molar-refractivity contribution in [3.05, 3.63) is 51.6 Å². The van der Waals surface area contributed by atoms with Crippen molar-refractivity contribution < 1.29 is 18.7 Å². The zero-order chi connectivity index (χ0) is 13.3. The molecule has 1 aromatic carbocycles. The molecule has 0 aliphatic rings. The smallest absolute Gasteiger partial charge is 0.141 e. The number of benzene rings is 1. The Labute approximate surface area is 112 Å². The molecule has 1 heterocycles. The fourth-order valence-electron chi connectivity index (χ4n) is 1.72. The van der Waals surface area contributed by atoms with Crippen LogP contribution in [0, 0.1) is 12.7 Å². The third-order valence-corrected chi connectivity index (χ3v) is 3.24. The largest absolute Gasteiger partial charge is 0.496 e. The van der Waals surface area contributed by atoms with Gasteiger partial charge in [-0.3, -0.25) is 0 Å². The molecule has 96 valence electrons. The molecule has 0 amide bonds. The number of aryl methyl sites for hydroxylation is 1. The van der Waals surface area contributed by atoms with Crippen molar-refractivity contribution in [2.75, 3.05) is 7.11 Å². The molecule has 0 fully saturated rings. The summed E-state index contributed by atoms with van der Waals surface area (Å²) in [6.45, 7) is 1.79. The van der Waals surface area contributed by atoms with E-state index in [4.69, 9.17) is 9.15 Å². The third-order valence-electron chi connectivity index (χ3n) is 2.63. The summed E-state index contributed by atoms with van der Waals surface area (Å²) in [5.41, 5.74) is 1.08. The maximum atomic E-state index is 13.4. The molecule has 1 unspecified atom stereocenters. The van der Waals surface area contributed by atoms with Crippen LogP contribution in [0.2, 0.25) is 0 Å². The summed E-state index contributed by atoms with van der Waals surface area (Å²) in [5, 5.41) is 10.2. The average Bonchev–Trinajstić information content (AvgIpc) is 2.78. The lowest BCUT2D eigenvalue weighted by Gasteiger charge is -2.14. The van der Waals surface area contributed by atoms with Gasteiger partial charge in [-0.1, -0.05) is 0 Å². The maximum Gasteiger partial charge on any atom is 0.141 e. The van der Waals surface area contributed by atoms with Crippen LogP contribution in [0.3, 0.4) is 0 Å². The first-order chi connectivity index (χ1) is 8.52. The van der Waals surface area contributed by atoms with Crippen molar-refractivity contribution in [2.45, 2.75) is 13.0 Å². The molecular formula is C13H12BrFO3. The minimum absolute atomic E-state index is 0.276. The van der Waals surface area contributed by atoms with E-state index in [0.29, 0.717) is 22.6 Å². The highest BCUT2D eigenvalue weighted by molar-refractivity contribution is 9.10. The highest BCUT2D eigenvalue weighted by Gasteiger charge is 2.19. The first kappa shape index (κ1) is 13.1. The van der Waals surface area contributed by atoms with Gasteiger partial charge in [-0.25, -0.2) is 4.39 Å². The van der Waals surface area contributed by atoms with Gasteiger partial charge in [0.05, 0.1) is 17.8 Å². The molecule has 1 atom stereocenters. The Morgan fingerprint density at radius 1 is 1.39 bits per heavy atom. The van der Waals surface area contributed by atoms with Crippen LogP contribution in [0.4, 0.5) is 4.39 Å². The van der Waals surface area contributed by atoms with Crippen LogP contribution in [-0.4, -0.2) is 12.2 Å². The van der Waals surface area contributed by atoms with Gasteiger partial charge >= 0.3 is 0 Å². The summed E-state index contributed by atoms with van der Waals surface area (Å²) in [7, 11) is 1.43. The molecule has 0 aliphatic carbocycles. The summed E-state index contributed by atoms with van der Waals surface area (Å²) in [6, 6.07) is 4.46. The van der Waals surface area contributed by atoms with Crippen LogP contribution >= 0.6 is 15.9 Å².